The number of amides is 2. The molecule has 0 unspecified atom stereocenters. The van der Waals surface area contributed by atoms with Crippen LogP contribution in [-0.2, 0) is 11.2 Å². The number of carbonyl (C=O) groups is 2. The van der Waals surface area contributed by atoms with Gasteiger partial charge in [-0.2, -0.15) is 5.26 Å². The zero-order valence-corrected chi connectivity index (χ0v) is 18.6. The molecule has 7 nitrogen and oxygen atoms in total. The van der Waals surface area contributed by atoms with Gasteiger partial charge in [-0.05, 0) is 49.3 Å². The highest BCUT2D eigenvalue weighted by molar-refractivity contribution is 5.85. The number of ketones is 1. The molecule has 2 amide bonds. The van der Waals surface area contributed by atoms with Gasteiger partial charge in [-0.3, -0.25) is 4.79 Å². The number of piperidine rings is 1. The smallest absolute Gasteiger partial charge is 0.319 e. The van der Waals surface area contributed by atoms with Crippen molar-refractivity contribution in [2.24, 2.45) is 11.8 Å². The highest BCUT2D eigenvalue weighted by atomic mass is 16.2. The number of fused-ring (bicyclic) bond motifs is 2. The molecule has 2 aliphatic heterocycles. The largest absolute Gasteiger partial charge is 0.368 e. The summed E-state index contributed by atoms with van der Waals surface area (Å²) in [7, 11) is 3.56. The minimum atomic E-state index is -0.278. The van der Waals surface area contributed by atoms with E-state index >= 15 is 0 Å². The Morgan fingerprint density at radius 1 is 1.16 bits per heavy atom. The number of anilines is 1. The maximum absolute atomic E-state index is 12.7. The molecule has 3 fully saturated rings. The molecule has 2 heterocycles. The second kappa shape index (κ2) is 9.27. The first-order chi connectivity index (χ1) is 14.9. The molecule has 1 saturated carbocycles. The summed E-state index contributed by atoms with van der Waals surface area (Å²) < 4.78 is 0. The van der Waals surface area contributed by atoms with Crippen molar-refractivity contribution in [3.63, 3.8) is 0 Å². The van der Waals surface area contributed by atoms with Crippen LogP contribution in [0.1, 0.15) is 31.2 Å². The van der Waals surface area contributed by atoms with E-state index < -0.39 is 0 Å². The number of nitriles is 1. The van der Waals surface area contributed by atoms with Crippen molar-refractivity contribution in [3.8, 4) is 6.07 Å². The maximum atomic E-state index is 12.7. The number of urea groups is 1. The first-order valence-electron chi connectivity index (χ1n) is 11.4. The highest BCUT2D eigenvalue weighted by Gasteiger charge is 2.42. The van der Waals surface area contributed by atoms with Gasteiger partial charge in [0.25, 0.3) is 0 Å². The highest BCUT2D eigenvalue weighted by Crippen LogP contribution is 2.36. The van der Waals surface area contributed by atoms with Gasteiger partial charge in [0, 0.05) is 58.4 Å². The fraction of sp³-hybridized carbons (Fsp3) is 0.625. The van der Waals surface area contributed by atoms with Crippen molar-refractivity contribution in [1.82, 2.24) is 15.1 Å². The summed E-state index contributed by atoms with van der Waals surface area (Å²) >= 11 is 0. The molecule has 2 bridgehead atoms. The lowest BCUT2D eigenvalue weighted by molar-refractivity contribution is -0.122. The normalized spacial score (nSPS) is 25.9. The van der Waals surface area contributed by atoms with Crippen molar-refractivity contribution in [3.05, 3.63) is 29.8 Å². The first kappa shape index (κ1) is 21.6. The van der Waals surface area contributed by atoms with Crippen LogP contribution >= 0.6 is 0 Å². The summed E-state index contributed by atoms with van der Waals surface area (Å²) in [5.41, 5.74) is 2.22. The van der Waals surface area contributed by atoms with Gasteiger partial charge in [0.15, 0.2) is 5.78 Å². The summed E-state index contributed by atoms with van der Waals surface area (Å²) in [4.78, 5) is 30.6. The molecule has 0 spiro atoms. The second-order valence-corrected chi connectivity index (χ2v) is 9.43. The number of piperazine rings is 1. The van der Waals surface area contributed by atoms with Crippen LogP contribution in [0.4, 0.5) is 10.5 Å². The van der Waals surface area contributed by atoms with Crippen LogP contribution in [0.15, 0.2) is 24.3 Å². The van der Waals surface area contributed by atoms with Crippen LogP contribution in [-0.4, -0.2) is 74.0 Å². The Morgan fingerprint density at radius 3 is 2.42 bits per heavy atom. The van der Waals surface area contributed by atoms with E-state index in [1.807, 2.05) is 4.90 Å². The maximum Gasteiger partial charge on any atom is 0.319 e. The van der Waals surface area contributed by atoms with Gasteiger partial charge in [0.1, 0.15) is 0 Å². The molecule has 166 valence electrons. The van der Waals surface area contributed by atoms with E-state index in [1.54, 1.807) is 19.0 Å². The first-order valence-corrected chi connectivity index (χ1v) is 11.4. The summed E-state index contributed by atoms with van der Waals surface area (Å²) in [6.07, 6.45) is 4.38. The minimum Gasteiger partial charge on any atom is -0.368 e. The average molecular weight is 424 g/mol. The van der Waals surface area contributed by atoms with Gasteiger partial charge < -0.3 is 20.0 Å². The zero-order chi connectivity index (χ0) is 22.0. The lowest BCUT2D eigenvalue weighted by Crippen LogP contribution is -2.51. The monoisotopic (exact) mass is 423 g/mol. The van der Waals surface area contributed by atoms with Crippen LogP contribution in [0.3, 0.4) is 0 Å². The molecule has 0 aromatic heterocycles. The predicted molar refractivity (Wildman–Crippen MR) is 120 cm³/mol. The molecule has 4 atom stereocenters. The third-order valence-electron chi connectivity index (χ3n) is 7.05. The number of rotatable bonds is 6. The summed E-state index contributed by atoms with van der Waals surface area (Å²) in [6.45, 7) is 3.05. The predicted octanol–water partition coefficient (Wildman–Crippen LogP) is 2.27. The van der Waals surface area contributed by atoms with Crippen molar-refractivity contribution >= 4 is 17.5 Å². The molecule has 1 aliphatic carbocycles. The Kier molecular flexibility index (Phi) is 6.47. The summed E-state index contributed by atoms with van der Waals surface area (Å²) in [5.74, 6) is 0.407. The van der Waals surface area contributed by atoms with Gasteiger partial charge in [0.2, 0.25) is 0 Å². The molecular formula is C24H33N5O2. The standard InChI is InChI=1S/C24H33N5O2/c1-27(2)24(31)29-11-9-28(10-12-29)21-7-3-17(4-8-21)13-18(16-25)14-22(30)23-19-5-6-20(15-19)26-23/h3-4,7-8,18-20,23,26H,5-6,9-15H2,1-2H3/t18-,19+,20-,23+/m1/s1. The molecule has 0 radical (unpaired) electrons. The van der Waals surface area contributed by atoms with E-state index in [2.05, 4.69) is 40.6 Å². The molecule has 1 N–H and O–H groups in total. The quantitative estimate of drug-likeness (QED) is 0.759. The van der Waals surface area contributed by atoms with E-state index in [0.29, 0.717) is 37.9 Å². The number of carbonyl (C=O) groups excluding carboxylic acids is 2. The van der Waals surface area contributed by atoms with Crippen LogP contribution in [0.25, 0.3) is 0 Å². The average Bonchev–Trinajstić information content (AvgIpc) is 3.42. The summed E-state index contributed by atoms with van der Waals surface area (Å²) in [5, 5.41) is 13.1. The lowest BCUT2D eigenvalue weighted by Gasteiger charge is -2.37. The number of nitrogens with zero attached hydrogens (tertiary/aromatic N) is 4. The van der Waals surface area contributed by atoms with Gasteiger partial charge >= 0.3 is 6.03 Å². The molecule has 4 rings (SSSR count). The summed E-state index contributed by atoms with van der Waals surface area (Å²) in [6, 6.07) is 11.2. The molecule has 1 aromatic carbocycles. The van der Waals surface area contributed by atoms with E-state index in [0.717, 1.165) is 37.2 Å². The Morgan fingerprint density at radius 2 is 1.87 bits per heavy atom. The molecule has 1 aromatic rings. The number of hydrogen-bond acceptors (Lipinski definition) is 5. The lowest BCUT2D eigenvalue weighted by atomic mass is 9.88. The SMILES string of the molecule is CN(C)C(=O)N1CCN(c2ccc(C[C@@H](C#N)CC(=O)[C@H]3N[C@@H]4CC[C@H]3C4)cc2)CC1. The zero-order valence-electron chi connectivity index (χ0n) is 18.6. The van der Waals surface area contributed by atoms with Gasteiger partial charge in [0.05, 0.1) is 18.0 Å². The number of nitrogens with one attached hydrogen (secondary N) is 1. The Balaban J connectivity index is 1.28. The molecule has 3 aliphatic rings. The second-order valence-electron chi connectivity index (χ2n) is 9.43. The van der Waals surface area contributed by atoms with Gasteiger partial charge in [-0.25, -0.2) is 4.79 Å². The number of benzene rings is 1. The Bertz CT molecular complexity index is 839. The van der Waals surface area contributed by atoms with Gasteiger partial charge in [-0.15, -0.1) is 0 Å². The van der Waals surface area contributed by atoms with Crippen molar-refractivity contribution in [1.29, 1.82) is 5.26 Å². The third-order valence-corrected chi connectivity index (χ3v) is 7.05. The van der Waals surface area contributed by atoms with E-state index in [1.165, 1.54) is 6.42 Å². The van der Waals surface area contributed by atoms with Gasteiger partial charge in [-0.1, -0.05) is 12.1 Å². The van der Waals surface area contributed by atoms with E-state index in [9.17, 15) is 14.9 Å². The van der Waals surface area contributed by atoms with Crippen LogP contribution in [0.2, 0.25) is 0 Å². The molecular weight excluding hydrogens is 390 g/mol. The van der Waals surface area contributed by atoms with E-state index in [4.69, 9.17) is 0 Å². The fourth-order valence-corrected chi connectivity index (χ4v) is 5.32. The topological polar surface area (TPSA) is 79.7 Å². The fourth-order valence-electron chi connectivity index (χ4n) is 5.32. The number of hydrogen-bond donors (Lipinski definition) is 1. The molecule has 2 saturated heterocycles. The molecule has 31 heavy (non-hydrogen) atoms. The van der Waals surface area contributed by atoms with Crippen molar-refractivity contribution in [2.45, 2.75) is 44.2 Å². The van der Waals surface area contributed by atoms with Crippen molar-refractivity contribution in [2.75, 3.05) is 45.2 Å². The third kappa shape index (κ3) is 4.85. The van der Waals surface area contributed by atoms with E-state index in [-0.39, 0.29) is 23.8 Å². The minimum absolute atomic E-state index is 0.0324. The van der Waals surface area contributed by atoms with Crippen LogP contribution in [0, 0.1) is 23.2 Å². The van der Waals surface area contributed by atoms with Crippen LogP contribution in [0.5, 0.6) is 0 Å². The molecule has 7 heteroatoms. The number of Topliss-reactive ketones (excluding diaryl/α,β-unsaturated/α-hetero) is 1. The van der Waals surface area contributed by atoms with Crippen molar-refractivity contribution < 1.29 is 9.59 Å². The Hall–Kier alpha value is -2.59. The Labute approximate surface area is 185 Å². The van der Waals surface area contributed by atoms with Crippen LogP contribution < -0.4 is 10.2 Å².